The van der Waals surface area contributed by atoms with Crippen molar-refractivity contribution in [3.8, 4) is 0 Å². The number of rotatable bonds is 6. The fraction of sp³-hybridized carbons (Fsp3) is 0.615. The van der Waals surface area contributed by atoms with Gasteiger partial charge in [-0.3, -0.25) is 13.9 Å². The van der Waals surface area contributed by atoms with Crippen LogP contribution in [-0.2, 0) is 19.6 Å². The molecule has 0 saturated carbocycles. The van der Waals surface area contributed by atoms with Crippen LogP contribution >= 0.6 is 0 Å². The third-order valence-electron chi connectivity index (χ3n) is 3.62. The van der Waals surface area contributed by atoms with E-state index >= 15 is 0 Å². The molecule has 9 nitrogen and oxygen atoms in total. The summed E-state index contributed by atoms with van der Waals surface area (Å²) in [7, 11) is -3.56. The van der Waals surface area contributed by atoms with Crippen molar-refractivity contribution in [2.75, 3.05) is 43.3 Å². The van der Waals surface area contributed by atoms with Gasteiger partial charge in [-0.05, 0) is 6.92 Å². The van der Waals surface area contributed by atoms with E-state index in [9.17, 15) is 18.0 Å². The monoisotopic (exact) mass is 344 g/mol. The zero-order valence-electron chi connectivity index (χ0n) is 13.1. The van der Waals surface area contributed by atoms with Gasteiger partial charge in [0, 0.05) is 45.2 Å². The highest BCUT2D eigenvalue weighted by Gasteiger charge is 2.24. The van der Waals surface area contributed by atoms with Gasteiger partial charge in [0.2, 0.25) is 22.3 Å². The SMILES string of the molecule is Cc1cc(N(CCC(=O)N2CCN(C=O)CC2)S(C)(=O)=O)no1. The molecule has 0 aromatic carbocycles. The first-order valence-electron chi connectivity index (χ1n) is 7.19. The van der Waals surface area contributed by atoms with Gasteiger partial charge >= 0.3 is 0 Å². The lowest BCUT2D eigenvalue weighted by Crippen LogP contribution is -2.48. The van der Waals surface area contributed by atoms with Crippen LogP contribution in [0, 0.1) is 6.92 Å². The van der Waals surface area contributed by atoms with Crippen LogP contribution < -0.4 is 4.31 Å². The summed E-state index contributed by atoms with van der Waals surface area (Å²) in [5.74, 6) is 0.512. The molecular weight excluding hydrogens is 324 g/mol. The fourth-order valence-electron chi connectivity index (χ4n) is 2.35. The molecule has 0 unspecified atom stereocenters. The van der Waals surface area contributed by atoms with Crippen LogP contribution in [0.25, 0.3) is 0 Å². The van der Waals surface area contributed by atoms with E-state index in [1.165, 1.54) is 6.07 Å². The lowest BCUT2D eigenvalue weighted by molar-refractivity contribution is -0.134. The third kappa shape index (κ3) is 4.44. The molecule has 1 aromatic heterocycles. The van der Waals surface area contributed by atoms with Crippen LogP contribution in [0.15, 0.2) is 10.6 Å². The van der Waals surface area contributed by atoms with Crippen LogP contribution in [0.2, 0.25) is 0 Å². The average molecular weight is 344 g/mol. The quantitative estimate of drug-likeness (QED) is 0.641. The zero-order chi connectivity index (χ0) is 17.0. The molecule has 0 atom stereocenters. The van der Waals surface area contributed by atoms with E-state index in [0.29, 0.717) is 31.9 Å². The first-order chi connectivity index (χ1) is 10.8. The second-order valence-corrected chi connectivity index (χ2v) is 7.31. The predicted molar refractivity (Wildman–Crippen MR) is 82.3 cm³/mol. The summed E-state index contributed by atoms with van der Waals surface area (Å²) in [6.07, 6.45) is 1.87. The molecule has 1 saturated heterocycles. The van der Waals surface area contributed by atoms with Gasteiger partial charge in [-0.25, -0.2) is 8.42 Å². The fourth-order valence-corrected chi connectivity index (χ4v) is 3.20. The van der Waals surface area contributed by atoms with Crippen molar-refractivity contribution in [1.29, 1.82) is 0 Å². The van der Waals surface area contributed by atoms with Gasteiger partial charge in [-0.1, -0.05) is 5.16 Å². The van der Waals surface area contributed by atoms with E-state index in [4.69, 9.17) is 4.52 Å². The molecule has 0 spiro atoms. The van der Waals surface area contributed by atoms with Crippen molar-refractivity contribution in [2.45, 2.75) is 13.3 Å². The van der Waals surface area contributed by atoms with Crippen molar-refractivity contribution in [3.05, 3.63) is 11.8 Å². The Bertz CT molecular complexity index is 664. The number of sulfonamides is 1. The summed E-state index contributed by atoms with van der Waals surface area (Å²) >= 11 is 0. The third-order valence-corrected chi connectivity index (χ3v) is 4.79. The molecule has 2 rings (SSSR count). The Hall–Kier alpha value is -2.10. The van der Waals surface area contributed by atoms with E-state index in [0.717, 1.165) is 17.0 Å². The normalized spacial score (nSPS) is 15.6. The minimum absolute atomic E-state index is 0.00245. The van der Waals surface area contributed by atoms with Crippen LogP contribution in [0.1, 0.15) is 12.2 Å². The number of hydrogen-bond donors (Lipinski definition) is 0. The zero-order valence-corrected chi connectivity index (χ0v) is 14.0. The minimum atomic E-state index is -3.56. The smallest absolute Gasteiger partial charge is 0.233 e. The van der Waals surface area contributed by atoms with Crippen molar-refractivity contribution in [2.24, 2.45) is 0 Å². The van der Waals surface area contributed by atoms with Gasteiger partial charge in [-0.2, -0.15) is 0 Å². The van der Waals surface area contributed by atoms with Gasteiger partial charge in [0.05, 0.1) is 6.26 Å². The number of amides is 2. The maximum absolute atomic E-state index is 12.2. The Morgan fingerprint density at radius 1 is 1.39 bits per heavy atom. The number of aromatic nitrogens is 1. The second-order valence-electron chi connectivity index (χ2n) is 5.40. The number of nitrogens with zero attached hydrogens (tertiary/aromatic N) is 4. The van der Waals surface area contributed by atoms with Gasteiger partial charge in [0.15, 0.2) is 5.82 Å². The van der Waals surface area contributed by atoms with Crippen LogP contribution in [-0.4, -0.2) is 74.7 Å². The number of piperazine rings is 1. The van der Waals surface area contributed by atoms with Gasteiger partial charge < -0.3 is 14.3 Å². The standard InChI is InChI=1S/C13H20N4O5S/c1-11-9-12(14-22-11)17(23(2,20)21)4-3-13(19)16-7-5-15(10-18)6-8-16/h9-10H,3-8H2,1-2H3. The van der Waals surface area contributed by atoms with Gasteiger partial charge in [0.25, 0.3) is 0 Å². The maximum atomic E-state index is 12.2. The van der Waals surface area contributed by atoms with E-state index in [-0.39, 0.29) is 24.7 Å². The molecular formula is C13H20N4O5S. The van der Waals surface area contributed by atoms with Crippen molar-refractivity contribution in [1.82, 2.24) is 15.0 Å². The molecule has 0 aliphatic carbocycles. The van der Waals surface area contributed by atoms with Gasteiger partial charge in [0.1, 0.15) is 5.76 Å². The second kappa shape index (κ2) is 6.99. The Labute approximate surface area is 134 Å². The molecule has 0 bridgehead atoms. The van der Waals surface area contributed by atoms with Crippen LogP contribution in [0.5, 0.6) is 0 Å². The van der Waals surface area contributed by atoms with E-state index in [2.05, 4.69) is 5.16 Å². The molecule has 10 heteroatoms. The summed E-state index contributed by atoms with van der Waals surface area (Å²) in [4.78, 5) is 26.1. The predicted octanol–water partition coefficient (Wildman–Crippen LogP) is -0.560. The molecule has 2 heterocycles. The van der Waals surface area contributed by atoms with E-state index < -0.39 is 10.0 Å². The molecule has 23 heavy (non-hydrogen) atoms. The van der Waals surface area contributed by atoms with Crippen LogP contribution in [0.3, 0.4) is 0 Å². The van der Waals surface area contributed by atoms with Crippen LogP contribution in [0.4, 0.5) is 5.82 Å². The Morgan fingerprint density at radius 3 is 2.52 bits per heavy atom. The summed E-state index contributed by atoms with van der Waals surface area (Å²) in [5, 5.41) is 3.70. The lowest BCUT2D eigenvalue weighted by atomic mass is 10.3. The van der Waals surface area contributed by atoms with Crippen molar-refractivity contribution in [3.63, 3.8) is 0 Å². The molecule has 2 amide bonds. The summed E-state index contributed by atoms with van der Waals surface area (Å²) in [5.41, 5.74) is 0. The highest BCUT2D eigenvalue weighted by molar-refractivity contribution is 7.92. The molecule has 128 valence electrons. The molecule has 1 aromatic rings. The van der Waals surface area contributed by atoms with E-state index in [1.54, 1.807) is 16.7 Å². The largest absolute Gasteiger partial charge is 0.360 e. The average Bonchev–Trinajstić information content (AvgIpc) is 2.92. The van der Waals surface area contributed by atoms with E-state index in [1.807, 2.05) is 0 Å². The highest BCUT2D eigenvalue weighted by Crippen LogP contribution is 2.17. The molecule has 1 fully saturated rings. The van der Waals surface area contributed by atoms with Crippen molar-refractivity contribution >= 4 is 28.2 Å². The van der Waals surface area contributed by atoms with Crippen molar-refractivity contribution < 1.29 is 22.5 Å². The summed E-state index contributed by atoms with van der Waals surface area (Å²) < 4.78 is 29.7. The molecule has 1 aliphatic heterocycles. The molecule has 0 N–H and O–H groups in total. The topological polar surface area (TPSA) is 104 Å². The first kappa shape index (κ1) is 17.3. The Kier molecular flexibility index (Phi) is 5.24. The molecule has 0 radical (unpaired) electrons. The maximum Gasteiger partial charge on any atom is 0.233 e. The minimum Gasteiger partial charge on any atom is -0.360 e. The molecule has 1 aliphatic rings. The highest BCUT2D eigenvalue weighted by atomic mass is 32.2. The summed E-state index contributed by atoms with van der Waals surface area (Å²) in [6.45, 7) is 3.56. The lowest BCUT2D eigenvalue weighted by Gasteiger charge is -2.33. The number of carbonyl (C=O) groups excluding carboxylic acids is 2. The number of hydrogen-bond acceptors (Lipinski definition) is 6. The number of anilines is 1. The summed E-state index contributed by atoms with van der Waals surface area (Å²) in [6, 6.07) is 1.51. The van der Waals surface area contributed by atoms with Gasteiger partial charge in [-0.15, -0.1) is 0 Å². The number of carbonyl (C=O) groups is 2. The first-order valence-corrected chi connectivity index (χ1v) is 9.04. The Morgan fingerprint density at radius 2 is 2.04 bits per heavy atom. The number of aryl methyl sites for hydroxylation is 1. The Balaban J connectivity index is 1.96.